The molecule has 0 unspecified atom stereocenters. The van der Waals surface area contributed by atoms with Crippen molar-refractivity contribution in [2.45, 2.75) is 40.5 Å². The number of fused-ring (bicyclic) bond motifs is 1. The molecule has 0 atom stereocenters. The summed E-state index contributed by atoms with van der Waals surface area (Å²) in [5.74, 6) is 0.858. The minimum absolute atomic E-state index is 0.858. The van der Waals surface area contributed by atoms with Crippen LogP contribution in [0.4, 0.5) is 0 Å². The predicted octanol–water partition coefficient (Wildman–Crippen LogP) is 3.37. The van der Waals surface area contributed by atoms with Gasteiger partial charge in [0.2, 0.25) is 0 Å². The van der Waals surface area contributed by atoms with Crippen LogP contribution in [0, 0.1) is 13.8 Å². The van der Waals surface area contributed by atoms with Gasteiger partial charge in [0, 0.05) is 11.1 Å². The zero-order valence-electron chi connectivity index (χ0n) is 10.5. The van der Waals surface area contributed by atoms with Crippen molar-refractivity contribution in [3.63, 3.8) is 0 Å². The lowest BCUT2D eigenvalue weighted by atomic mass is 9.99. The van der Waals surface area contributed by atoms with Gasteiger partial charge >= 0.3 is 0 Å². The molecule has 0 radical (unpaired) electrons. The summed E-state index contributed by atoms with van der Waals surface area (Å²) in [6, 6.07) is 4.47. The number of aromatic nitrogens is 2. The maximum absolute atomic E-state index is 4.51. The van der Waals surface area contributed by atoms with Crippen molar-refractivity contribution < 1.29 is 0 Å². The highest BCUT2D eigenvalue weighted by Crippen LogP contribution is 2.21. The van der Waals surface area contributed by atoms with E-state index in [0.717, 1.165) is 29.9 Å². The lowest BCUT2D eigenvalue weighted by Gasteiger charge is -2.09. The molecule has 2 heteroatoms. The fourth-order valence-electron chi connectivity index (χ4n) is 2.22. The molecule has 1 aromatic heterocycles. The first-order valence-corrected chi connectivity index (χ1v) is 5.92. The smallest absolute Gasteiger partial charge is 0.126 e. The van der Waals surface area contributed by atoms with Gasteiger partial charge in [0.15, 0.2) is 0 Å². The third-order valence-corrected chi connectivity index (χ3v) is 3.08. The largest absolute Gasteiger partial charge is 0.238 e. The van der Waals surface area contributed by atoms with E-state index in [2.05, 4.69) is 42.9 Å². The van der Waals surface area contributed by atoms with E-state index in [1.807, 2.05) is 6.92 Å². The summed E-state index contributed by atoms with van der Waals surface area (Å²) in [7, 11) is 0. The first kappa shape index (κ1) is 11.1. The molecule has 0 spiro atoms. The average molecular weight is 214 g/mol. The maximum Gasteiger partial charge on any atom is 0.126 e. The molecule has 0 fully saturated rings. The quantitative estimate of drug-likeness (QED) is 0.766. The molecule has 2 aromatic rings. The summed E-state index contributed by atoms with van der Waals surface area (Å²) in [5, 5.41) is 1.19. The lowest BCUT2D eigenvalue weighted by molar-refractivity contribution is 1.02. The monoisotopic (exact) mass is 214 g/mol. The molecule has 84 valence electrons. The Morgan fingerprint density at radius 3 is 2.19 bits per heavy atom. The third kappa shape index (κ3) is 1.80. The van der Waals surface area contributed by atoms with Crippen molar-refractivity contribution in [1.82, 2.24) is 9.97 Å². The molecular formula is C14H18N2. The van der Waals surface area contributed by atoms with Crippen LogP contribution in [0.3, 0.4) is 0 Å². The summed E-state index contributed by atoms with van der Waals surface area (Å²) >= 11 is 0. The van der Waals surface area contributed by atoms with E-state index in [4.69, 9.17) is 0 Å². The van der Waals surface area contributed by atoms with Gasteiger partial charge in [-0.05, 0) is 49.9 Å². The van der Waals surface area contributed by atoms with Crippen molar-refractivity contribution in [3.05, 3.63) is 34.8 Å². The van der Waals surface area contributed by atoms with Crippen LogP contribution in [0.15, 0.2) is 12.1 Å². The highest BCUT2D eigenvalue weighted by molar-refractivity contribution is 5.82. The summed E-state index contributed by atoms with van der Waals surface area (Å²) in [6.07, 6.45) is 2.15. The highest BCUT2D eigenvalue weighted by atomic mass is 14.9. The van der Waals surface area contributed by atoms with Crippen molar-refractivity contribution in [1.29, 1.82) is 0 Å². The zero-order chi connectivity index (χ0) is 11.7. The first-order valence-electron chi connectivity index (χ1n) is 5.92. The minimum Gasteiger partial charge on any atom is -0.238 e. The molecule has 16 heavy (non-hydrogen) atoms. The molecular weight excluding hydrogens is 196 g/mol. The second kappa shape index (κ2) is 4.20. The topological polar surface area (TPSA) is 25.8 Å². The van der Waals surface area contributed by atoms with Gasteiger partial charge in [0.05, 0.1) is 5.52 Å². The number of hydrogen-bond donors (Lipinski definition) is 0. The molecule has 1 aromatic carbocycles. The molecule has 0 saturated heterocycles. The SMILES string of the molecule is CCc1cc2nc(C)nc(C)c2cc1CC. The van der Waals surface area contributed by atoms with E-state index in [0.29, 0.717) is 0 Å². The van der Waals surface area contributed by atoms with Crippen LogP contribution in [0.1, 0.15) is 36.5 Å². The van der Waals surface area contributed by atoms with E-state index in [-0.39, 0.29) is 0 Å². The third-order valence-electron chi connectivity index (χ3n) is 3.08. The van der Waals surface area contributed by atoms with Gasteiger partial charge in [-0.3, -0.25) is 0 Å². The van der Waals surface area contributed by atoms with E-state index in [1.54, 1.807) is 0 Å². The molecule has 2 rings (SSSR count). The molecule has 1 heterocycles. The predicted molar refractivity (Wildman–Crippen MR) is 67.8 cm³/mol. The van der Waals surface area contributed by atoms with E-state index < -0.39 is 0 Å². The van der Waals surface area contributed by atoms with E-state index in [1.165, 1.54) is 16.5 Å². The Hall–Kier alpha value is -1.44. The standard InChI is InChI=1S/C14H18N2/c1-5-11-7-13-9(3)15-10(4)16-14(13)8-12(11)6-2/h7-8H,5-6H2,1-4H3. The zero-order valence-corrected chi connectivity index (χ0v) is 10.5. The lowest BCUT2D eigenvalue weighted by Crippen LogP contribution is -1.97. The fourth-order valence-corrected chi connectivity index (χ4v) is 2.22. The Balaban J connectivity index is 2.78. The Kier molecular flexibility index (Phi) is 2.90. The van der Waals surface area contributed by atoms with Gasteiger partial charge in [0.1, 0.15) is 5.82 Å². The minimum atomic E-state index is 0.858. The van der Waals surface area contributed by atoms with Crippen LogP contribution in [-0.4, -0.2) is 9.97 Å². The summed E-state index contributed by atoms with van der Waals surface area (Å²) in [4.78, 5) is 8.93. The molecule has 0 N–H and O–H groups in total. The Labute approximate surface area is 96.7 Å². The fraction of sp³-hybridized carbons (Fsp3) is 0.429. The van der Waals surface area contributed by atoms with Crippen LogP contribution in [-0.2, 0) is 12.8 Å². The number of aryl methyl sites for hydroxylation is 4. The second-order valence-electron chi connectivity index (χ2n) is 4.20. The maximum atomic E-state index is 4.51. The number of rotatable bonds is 2. The van der Waals surface area contributed by atoms with Crippen molar-refractivity contribution >= 4 is 10.9 Å². The normalized spacial score (nSPS) is 11.0. The van der Waals surface area contributed by atoms with Crippen LogP contribution in [0.25, 0.3) is 10.9 Å². The second-order valence-corrected chi connectivity index (χ2v) is 4.20. The van der Waals surface area contributed by atoms with Gasteiger partial charge in [-0.2, -0.15) is 0 Å². The van der Waals surface area contributed by atoms with Gasteiger partial charge < -0.3 is 0 Å². The molecule has 0 aliphatic carbocycles. The van der Waals surface area contributed by atoms with Gasteiger partial charge in [0.25, 0.3) is 0 Å². The average Bonchev–Trinajstić information content (AvgIpc) is 2.27. The molecule has 0 bridgehead atoms. The Morgan fingerprint density at radius 1 is 0.938 bits per heavy atom. The van der Waals surface area contributed by atoms with E-state index in [9.17, 15) is 0 Å². The van der Waals surface area contributed by atoms with Crippen LogP contribution < -0.4 is 0 Å². The summed E-state index contributed by atoms with van der Waals surface area (Å²) < 4.78 is 0. The molecule has 0 amide bonds. The van der Waals surface area contributed by atoms with Crippen LogP contribution >= 0.6 is 0 Å². The highest BCUT2D eigenvalue weighted by Gasteiger charge is 2.06. The number of hydrogen-bond acceptors (Lipinski definition) is 2. The van der Waals surface area contributed by atoms with Gasteiger partial charge in [-0.25, -0.2) is 9.97 Å². The van der Waals surface area contributed by atoms with Gasteiger partial charge in [-0.15, -0.1) is 0 Å². The molecule has 0 aliphatic heterocycles. The van der Waals surface area contributed by atoms with Crippen LogP contribution in [0.2, 0.25) is 0 Å². The summed E-state index contributed by atoms with van der Waals surface area (Å²) in [6.45, 7) is 8.40. The van der Waals surface area contributed by atoms with Crippen molar-refractivity contribution in [3.8, 4) is 0 Å². The Bertz CT molecular complexity index is 530. The van der Waals surface area contributed by atoms with Crippen LogP contribution in [0.5, 0.6) is 0 Å². The first-order chi connectivity index (χ1) is 7.65. The number of nitrogens with zero attached hydrogens (tertiary/aromatic N) is 2. The summed E-state index contributed by atoms with van der Waals surface area (Å²) in [5.41, 5.74) is 5.00. The van der Waals surface area contributed by atoms with Crippen molar-refractivity contribution in [2.75, 3.05) is 0 Å². The Morgan fingerprint density at radius 2 is 1.56 bits per heavy atom. The molecule has 0 saturated carbocycles. The molecule has 0 aliphatic rings. The molecule has 2 nitrogen and oxygen atoms in total. The van der Waals surface area contributed by atoms with Crippen molar-refractivity contribution in [2.24, 2.45) is 0 Å². The number of benzene rings is 1. The van der Waals surface area contributed by atoms with Gasteiger partial charge in [-0.1, -0.05) is 13.8 Å². The van der Waals surface area contributed by atoms with E-state index >= 15 is 0 Å².